The molecular formula is C11H21B4N. The predicted octanol–water partition coefficient (Wildman–Crippen LogP) is -3.74. The second-order valence-electron chi connectivity index (χ2n) is 6.03. The molecule has 0 N–H and O–H groups in total. The molecule has 1 aromatic heterocycles. The Morgan fingerprint density at radius 2 is 1.44 bits per heavy atom. The normalized spacial score (nSPS) is 13.8. The van der Waals surface area contributed by atoms with Crippen LogP contribution in [0.1, 0.15) is 39.2 Å². The number of hydrogen-bond donors (Lipinski definition) is 0. The fraction of sp³-hybridized carbons (Fsp3) is 0.545. The lowest BCUT2D eigenvalue weighted by Crippen LogP contribution is -2.49. The van der Waals surface area contributed by atoms with Crippen molar-refractivity contribution in [3.63, 3.8) is 0 Å². The molecule has 1 rings (SSSR count). The topological polar surface area (TPSA) is 12.9 Å². The average Bonchev–Trinajstić information content (AvgIpc) is 2.13. The number of aromatic nitrogens is 1. The summed E-state index contributed by atoms with van der Waals surface area (Å²) in [5, 5.41) is 0. The van der Waals surface area contributed by atoms with Gasteiger partial charge in [0.15, 0.2) is 15.7 Å². The van der Waals surface area contributed by atoms with Crippen LogP contribution in [0.5, 0.6) is 0 Å². The number of rotatable bonds is 1. The van der Waals surface area contributed by atoms with E-state index in [-0.39, 0.29) is 0 Å². The summed E-state index contributed by atoms with van der Waals surface area (Å²) in [6.45, 7) is 9.20. The second kappa shape index (κ2) is 4.35. The molecule has 0 spiro atoms. The SMILES string of the molecule is Bc1nc(B)c(C(C)C(C)(C)C)c(B)c1B. The van der Waals surface area contributed by atoms with Gasteiger partial charge in [0, 0.05) is 0 Å². The Kier molecular flexibility index (Phi) is 3.66. The lowest BCUT2D eigenvalue weighted by molar-refractivity contribution is 0.341. The highest BCUT2D eigenvalue weighted by Gasteiger charge is 2.25. The van der Waals surface area contributed by atoms with E-state index in [1.165, 1.54) is 27.7 Å². The van der Waals surface area contributed by atoms with Gasteiger partial charge in [-0.3, -0.25) is 4.98 Å². The highest BCUT2D eigenvalue weighted by Crippen LogP contribution is 2.31. The van der Waals surface area contributed by atoms with Gasteiger partial charge in [0.2, 0.25) is 0 Å². The summed E-state index contributed by atoms with van der Waals surface area (Å²) in [6, 6.07) is 0. The van der Waals surface area contributed by atoms with E-state index in [0.717, 1.165) is 0 Å². The summed E-state index contributed by atoms with van der Waals surface area (Å²) in [5.41, 5.74) is 6.86. The molecule has 5 heteroatoms. The van der Waals surface area contributed by atoms with Crippen molar-refractivity contribution in [1.82, 2.24) is 4.98 Å². The minimum atomic E-state index is 0.291. The quantitative estimate of drug-likeness (QED) is 0.435. The first-order valence-electron chi connectivity index (χ1n) is 6.10. The van der Waals surface area contributed by atoms with Crippen LogP contribution >= 0.6 is 0 Å². The first-order valence-corrected chi connectivity index (χ1v) is 6.10. The first-order chi connectivity index (χ1) is 7.16. The Balaban J connectivity index is 3.40. The third kappa shape index (κ3) is 2.39. The summed E-state index contributed by atoms with van der Waals surface area (Å²) >= 11 is 0. The molecule has 0 fully saturated rings. The lowest BCUT2D eigenvalue weighted by atomic mass is 9.65. The number of hydrogen-bond acceptors (Lipinski definition) is 1. The first kappa shape index (κ1) is 13.5. The van der Waals surface area contributed by atoms with E-state index >= 15 is 0 Å². The monoisotopic (exact) mass is 211 g/mol. The van der Waals surface area contributed by atoms with E-state index in [1.807, 2.05) is 0 Å². The van der Waals surface area contributed by atoms with Crippen LogP contribution < -0.4 is 22.1 Å². The van der Waals surface area contributed by atoms with Gasteiger partial charge in [0.05, 0.1) is 0 Å². The van der Waals surface area contributed by atoms with Crippen molar-refractivity contribution in [3.05, 3.63) is 5.56 Å². The predicted molar refractivity (Wildman–Crippen MR) is 84.8 cm³/mol. The smallest absolute Gasteiger partial charge is 0.164 e. The number of pyridine rings is 1. The zero-order valence-corrected chi connectivity index (χ0v) is 12.0. The van der Waals surface area contributed by atoms with Crippen LogP contribution in [0.15, 0.2) is 0 Å². The van der Waals surface area contributed by atoms with Crippen LogP contribution in [0, 0.1) is 5.41 Å². The zero-order valence-electron chi connectivity index (χ0n) is 12.0. The van der Waals surface area contributed by atoms with E-state index < -0.39 is 0 Å². The summed E-state index contributed by atoms with van der Waals surface area (Å²) in [6.07, 6.45) is 0. The Morgan fingerprint density at radius 3 is 1.88 bits per heavy atom. The molecule has 1 aromatic rings. The number of nitrogens with zero attached hydrogens (tertiary/aromatic N) is 1. The molecule has 0 radical (unpaired) electrons. The summed E-state index contributed by atoms with van der Waals surface area (Å²) in [5.74, 6) is 0.541. The minimum Gasteiger partial charge on any atom is -0.280 e. The maximum Gasteiger partial charge on any atom is 0.164 e. The van der Waals surface area contributed by atoms with Crippen molar-refractivity contribution in [2.75, 3.05) is 0 Å². The highest BCUT2D eigenvalue weighted by molar-refractivity contribution is 6.58. The fourth-order valence-electron chi connectivity index (χ4n) is 2.21. The Bertz CT molecular complexity index is 409. The molecule has 0 saturated heterocycles. The van der Waals surface area contributed by atoms with Crippen LogP contribution in [0.25, 0.3) is 0 Å². The fourth-order valence-corrected chi connectivity index (χ4v) is 2.21. The Morgan fingerprint density at radius 1 is 0.938 bits per heavy atom. The van der Waals surface area contributed by atoms with Gasteiger partial charge in [-0.05, 0) is 28.1 Å². The second-order valence-corrected chi connectivity index (χ2v) is 6.03. The lowest BCUT2D eigenvalue weighted by Gasteiger charge is -2.31. The van der Waals surface area contributed by atoms with Gasteiger partial charge in [-0.15, -0.1) is 0 Å². The third-order valence-electron chi connectivity index (χ3n) is 3.97. The molecule has 1 nitrogen and oxygen atoms in total. The van der Waals surface area contributed by atoms with E-state index in [4.69, 9.17) is 0 Å². The van der Waals surface area contributed by atoms with Gasteiger partial charge in [-0.25, -0.2) is 0 Å². The van der Waals surface area contributed by atoms with E-state index in [2.05, 4.69) is 64.1 Å². The van der Waals surface area contributed by atoms with Crippen molar-refractivity contribution in [2.45, 2.75) is 33.6 Å². The maximum atomic E-state index is 4.67. The standard InChI is InChI=1S/C11H21B4N/c1-5(11(2,3)4)6-7(12)8(13)10(15)16-9(6)14/h5H,12-15H2,1-4H3. The largest absolute Gasteiger partial charge is 0.280 e. The molecule has 1 unspecified atom stereocenters. The van der Waals surface area contributed by atoms with Gasteiger partial charge in [-0.1, -0.05) is 38.6 Å². The molecule has 0 amide bonds. The van der Waals surface area contributed by atoms with Gasteiger partial charge < -0.3 is 0 Å². The van der Waals surface area contributed by atoms with Crippen molar-refractivity contribution in [2.24, 2.45) is 5.41 Å². The molecule has 82 valence electrons. The zero-order chi connectivity index (χ0) is 12.7. The van der Waals surface area contributed by atoms with Gasteiger partial charge in [0.1, 0.15) is 15.7 Å². The molecule has 0 saturated carbocycles. The Labute approximate surface area is 103 Å². The third-order valence-corrected chi connectivity index (χ3v) is 3.97. The molecule has 0 aliphatic heterocycles. The van der Waals surface area contributed by atoms with Crippen LogP contribution in [0.4, 0.5) is 0 Å². The van der Waals surface area contributed by atoms with Gasteiger partial charge >= 0.3 is 0 Å². The molecule has 0 aromatic carbocycles. The molecule has 16 heavy (non-hydrogen) atoms. The van der Waals surface area contributed by atoms with E-state index in [9.17, 15) is 0 Å². The van der Waals surface area contributed by atoms with Crippen molar-refractivity contribution in [1.29, 1.82) is 0 Å². The van der Waals surface area contributed by atoms with Crippen LogP contribution in [0.3, 0.4) is 0 Å². The minimum absolute atomic E-state index is 0.291. The molecule has 0 aliphatic carbocycles. The summed E-state index contributed by atoms with van der Waals surface area (Å²) < 4.78 is 0. The van der Waals surface area contributed by atoms with Crippen LogP contribution in [-0.4, -0.2) is 36.4 Å². The molecule has 1 atom stereocenters. The maximum absolute atomic E-state index is 4.67. The average molecular weight is 211 g/mol. The van der Waals surface area contributed by atoms with Crippen LogP contribution in [0.2, 0.25) is 0 Å². The molecular weight excluding hydrogens is 189 g/mol. The van der Waals surface area contributed by atoms with Crippen LogP contribution in [-0.2, 0) is 0 Å². The molecule has 1 heterocycles. The van der Waals surface area contributed by atoms with Crippen molar-refractivity contribution < 1.29 is 0 Å². The van der Waals surface area contributed by atoms with Gasteiger partial charge in [-0.2, -0.15) is 0 Å². The van der Waals surface area contributed by atoms with Gasteiger partial charge in [0.25, 0.3) is 0 Å². The van der Waals surface area contributed by atoms with Crippen molar-refractivity contribution in [3.8, 4) is 0 Å². The highest BCUT2D eigenvalue weighted by atomic mass is 14.7. The Hall–Kier alpha value is -0.590. The molecule has 0 bridgehead atoms. The summed E-state index contributed by atoms with van der Waals surface area (Å²) in [7, 11) is 8.64. The van der Waals surface area contributed by atoms with E-state index in [0.29, 0.717) is 11.3 Å². The summed E-state index contributed by atoms with van der Waals surface area (Å²) in [4.78, 5) is 4.67. The molecule has 0 aliphatic rings. The van der Waals surface area contributed by atoms with Crippen molar-refractivity contribution >= 4 is 53.5 Å². The van der Waals surface area contributed by atoms with E-state index in [1.54, 1.807) is 0 Å².